The zero-order valence-electron chi connectivity index (χ0n) is 11.3. The molecule has 1 amide bonds. The van der Waals surface area contributed by atoms with Gasteiger partial charge in [0.2, 0.25) is 5.91 Å². The number of aromatic nitrogens is 3. The second kappa shape index (κ2) is 7.13. The molecule has 1 heterocycles. The number of nitrogens with zero attached hydrogens (tertiary/aromatic N) is 4. The molecule has 8 heteroatoms. The van der Waals surface area contributed by atoms with E-state index in [0.29, 0.717) is 24.1 Å². The van der Waals surface area contributed by atoms with Crippen molar-refractivity contribution in [2.24, 2.45) is 0 Å². The molecule has 19 heavy (non-hydrogen) atoms. The van der Waals surface area contributed by atoms with Crippen LogP contribution in [0.25, 0.3) is 0 Å². The molecule has 0 unspecified atom stereocenters. The van der Waals surface area contributed by atoms with Crippen molar-refractivity contribution in [3.8, 4) is 0 Å². The molecule has 106 valence electrons. The lowest BCUT2D eigenvalue weighted by atomic mass is 10.4. The van der Waals surface area contributed by atoms with Gasteiger partial charge in [-0.25, -0.2) is 0 Å². The summed E-state index contributed by atoms with van der Waals surface area (Å²) < 4.78 is 1.65. The van der Waals surface area contributed by atoms with Crippen molar-refractivity contribution in [1.82, 2.24) is 19.7 Å². The maximum Gasteiger partial charge on any atom is 0.313 e. The van der Waals surface area contributed by atoms with Crippen LogP contribution < -0.4 is 0 Å². The van der Waals surface area contributed by atoms with Crippen LogP contribution in [0.15, 0.2) is 5.16 Å². The van der Waals surface area contributed by atoms with Crippen LogP contribution >= 0.6 is 11.8 Å². The molecule has 0 aliphatic rings. The van der Waals surface area contributed by atoms with E-state index in [-0.39, 0.29) is 18.2 Å². The summed E-state index contributed by atoms with van der Waals surface area (Å²) in [6, 6.07) is 0. The van der Waals surface area contributed by atoms with Crippen LogP contribution in [0, 0.1) is 6.92 Å². The van der Waals surface area contributed by atoms with E-state index in [4.69, 9.17) is 5.11 Å². The summed E-state index contributed by atoms with van der Waals surface area (Å²) in [5.41, 5.74) is 0. The highest BCUT2D eigenvalue weighted by Gasteiger charge is 2.16. The molecule has 1 N–H and O–H groups in total. The van der Waals surface area contributed by atoms with Gasteiger partial charge in [0.15, 0.2) is 5.16 Å². The number of thioether (sulfide) groups is 1. The van der Waals surface area contributed by atoms with Crippen molar-refractivity contribution in [1.29, 1.82) is 0 Å². The van der Waals surface area contributed by atoms with Crippen molar-refractivity contribution >= 4 is 23.6 Å². The van der Waals surface area contributed by atoms with Crippen molar-refractivity contribution in [2.75, 3.05) is 18.8 Å². The van der Waals surface area contributed by atoms with Crippen LogP contribution in [0.5, 0.6) is 0 Å². The molecular formula is C11H18N4O3S. The van der Waals surface area contributed by atoms with Gasteiger partial charge in [-0.2, -0.15) is 0 Å². The molecule has 0 saturated heterocycles. The molecule has 7 nitrogen and oxygen atoms in total. The third kappa shape index (κ3) is 4.23. The predicted octanol–water partition coefficient (Wildman–Crippen LogP) is 0.632. The van der Waals surface area contributed by atoms with Gasteiger partial charge in [-0.3, -0.25) is 14.2 Å². The standard InChI is InChI=1S/C11H18N4O3S/c1-4-14(5-2)9(16)6-15-8(3)12-13-11(15)19-7-10(17)18/h4-7H2,1-3H3,(H,17,18). The smallest absolute Gasteiger partial charge is 0.313 e. The summed E-state index contributed by atoms with van der Waals surface area (Å²) >= 11 is 1.06. The third-order valence-electron chi connectivity index (χ3n) is 2.64. The Labute approximate surface area is 116 Å². The first kappa shape index (κ1) is 15.5. The fraction of sp³-hybridized carbons (Fsp3) is 0.636. The van der Waals surface area contributed by atoms with Crippen LogP contribution in [0.3, 0.4) is 0 Å². The lowest BCUT2D eigenvalue weighted by molar-refractivity contribution is -0.134. The molecular weight excluding hydrogens is 268 g/mol. The minimum atomic E-state index is -0.924. The molecule has 0 fully saturated rings. The number of aryl methyl sites for hydroxylation is 1. The zero-order valence-corrected chi connectivity index (χ0v) is 12.1. The Bertz CT molecular complexity index is 457. The highest BCUT2D eigenvalue weighted by Crippen LogP contribution is 2.16. The number of likely N-dealkylation sites (N-methyl/N-ethyl adjacent to an activating group) is 1. The van der Waals surface area contributed by atoms with Gasteiger partial charge in [0.25, 0.3) is 0 Å². The maximum absolute atomic E-state index is 12.0. The average Bonchev–Trinajstić information content (AvgIpc) is 2.70. The topological polar surface area (TPSA) is 88.3 Å². The van der Waals surface area contributed by atoms with Gasteiger partial charge in [-0.15, -0.1) is 10.2 Å². The van der Waals surface area contributed by atoms with Crippen LogP contribution in [-0.2, 0) is 16.1 Å². The predicted molar refractivity (Wildman–Crippen MR) is 71.0 cm³/mol. The van der Waals surface area contributed by atoms with E-state index >= 15 is 0 Å². The SMILES string of the molecule is CCN(CC)C(=O)Cn1c(C)nnc1SCC(=O)O. The molecule has 1 aromatic heterocycles. The van der Waals surface area contributed by atoms with Crippen LogP contribution in [0.2, 0.25) is 0 Å². The first-order valence-electron chi connectivity index (χ1n) is 6.01. The molecule has 0 radical (unpaired) electrons. The number of carboxylic acid groups (broad SMARTS) is 1. The van der Waals surface area contributed by atoms with Crippen LogP contribution in [0.1, 0.15) is 19.7 Å². The van der Waals surface area contributed by atoms with E-state index < -0.39 is 5.97 Å². The number of aliphatic carboxylic acids is 1. The number of hydrogen-bond acceptors (Lipinski definition) is 5. The van der Waals surface area contributed by atoms with Gasteiger partial charge in [-0.1, -0.05) is 11.8 Å². The van der Waals surface area contributed by atoms with Gasteiger partial charge in [0.1, 0.15) is 12.4 Å². The van der Waals surface area contributed by atoms with Gasteiger partial charge < -0.3 is 10.0 Å². The van der Waals surface area contributed by atoms with E-state index in [0.717, 1.165) is 11.8 Å². The number of carboxylic acids is 1. The molecule has 0 aliphatic carbocycles. The van der Waals surface area contributed by atoms with E-state index in [2.05, 4.69) is 10.2 Å². The molecule has 1 aromatic rings. The highest BCUT2D eigenvalue weighted by atomic mass is 32.2. The van der Waals surface area contributed by atoms with Crippen LogP contribution in [-0.4, -0.2) is 55.5 Å². The normalized spacial score (nSPS) is 10.5. The Morgan fingerprint density at radius 2 is 1.95 bits per heavy atom. The van der Waals surface area contributed by atoms with Gasteiger partial charge in [0, 0.05) is 13.1 Å². The lowest BCUT2D eigenvalue weighted by Gasteiger charge is -2.19. The van der Waals surface area contributed by atoms with E-state index in [1.165, 1.54) is 0 Å². The molecule has 0 aromatic carbocycles. The number of rotatable bonds is 7. The Kier molecular flexibility index (Phi) is 5.81. The van der Waals surface area contributed by atoms with E-state index in [1.54, 1.807) is 16.4 Å². The quantitative estimate of drug-likeness (QED) is 0.740. The van der Waals surface area contributed by atoms with E-state index in [9.17, 15) is 9.59 Å². The summed E-state index contributed by atoms with van der Waals surface area (Å²) in [5.74, 6) is -0.442. The molecule has 0 atom stereocenters. The lowest BCUT2D eigenvalue weighted by Crippen LogP contribution is -2.33. The third-order valence-corrected chi connectivity index (χ3v) is 3.59. The summed E-state index contributed by atoms with van der Waals surface area (Å²) in [7, 11) is 0. The number of carbonyl (C=O) groups excluding carboxylic acids is 1. The fourth-order valence-electron chi connectivity index (χ4n) is 1.59. The minimum Gasteiger partial charge on any atom is -0.481 e. The molecule has 0 aliphatic heterocycles. The van der Waals surface area contributed by atoms with Gasteiger partial charge in [0.05, 0.1) is 5.75 Å². The highest BCUT2D eigenvalue weighted by molar-refractivity contribution is 7.99. The van der Waals surface area contributed by atoms with E-state index in [1.807, 2.05) is 13.8 Å². The van der Waals surface area contributed by atoms with Crippen LogP contribution in [0.4, 0.5) is 0 Å². The first-order chi connectivity index (χ1) is 8.99. The second-order valence-corrected chi connectivity index (χ2v) is 4.81. The largest absolute Gasteiger partial charge is 0.481 e. The minimum absolute atomic E-state index is 0.0231. The van der Waals surface area contributed by atoms with Gasteiger partial charge in [-0.05, 0) is 20.8 Å². The molecule has 0 saturated carbocycles. The summed E-state index contributed by atoms with van der Waals surface area (Å²) in [4.78, 5) is 24.3. The first-order valence-corrected chi connectivity index (χ1v) is 7.00. The Morgan fingerprint density at radius 1 is 1.32 bits per heavy atom. The number of carbonyl (C=O) groups is 2. The monoisotopic (exact) mass is 286 g/mol. The number of amides is 1. The van der Waals surface area contributed by atoms with Crippen molar-refractivity contribution in [2.45, 2.75) is 32.5 Å². The summed E-state index contributed by atoms with van der Waals surface area (Å²) in [6.07, 6.45) is 0. The average molecular weight is 286 g/mol. The summed E-state index contributed by atoms with van der Waals surface area (Å²) in [6.45, 7) is 7.01. The maximum atomic E-state index is 12.0. The fourth-order valence-corrected chi connectivity index (χ4v) is 2.29. The Hall–Kier alpha value is -1.57. The van der Waals surface area contributed by atoms with Crippen molar-refractivity contribution < 1.29 is 14.7 Å². The van der Waals surface area contributed by atoms with Gasteiger partial charge >= 0.3 is 5.97 Å². The van der Waals surface area contributed by atoms with Crippen molar-refractivity contribution in [3.63, 3.8) is 0 Å². The molecule has 1 rings (SSSR count). The van der Waals surface area contributed by atoms with Crippen molar-refractivity contribution in [3.05, 3.63) is 5.82 Å². The molecule has 0 bridgehead atoms. The summed E-state index contributed by atoms with van der Waals surface area (Å²) in [5, 5.41) is 16.9. The Balaban J connectivity index is 2.79. The second-order valence-electron chi connectivity index (χ2n) is 3.86. The molecule has 0 spiro atoms. The Morgan fingerprint density at radius 3 is 2.47 bits per heavy atom. The zero-order chi connectivity index (χ0) is 14.4. The number of hydrogen-bond donors (Lipinski definition) is 1.